The first-order chi connectivity index (χ1) is 13.5. The number of benzene rings is 2. The second-order valence-electron chi connectivity index (χ2n) is 5.60. The highest BCUT2D eigenvalue weighted by Gasteiger charge is 2.09. The van der Waals surface area contributed by atoms with E-state index in [-0.39, 0.29) is 29.0 Å². The Bertz CT molecular complexity index is 970. The molecule has 9 heteroatoms. The van der Waals surface area contributed by atoms with Crippen molar-refractivity contribution in [2.24, 2.45) is 0 Å². The number of nitro groups is 1. The van der Waals surface area contributed by atoms with Crippen molar-refractivity contribution in [3.8, 4) is 0 Å². The molecule has 0 atom stereocenters. The van der Waals surface area contributed by atoms with E-state index >= 15 is 0 Å². The zero-order chi connectivity index (χ0) is 19.9. The monoisotopic (exact) mass is 397 g/mol. The molecule has 0 spiro atoms. The van der Waals surface area contributed by atoms with Crippen LogP contribution < -0.4 is 10.6 Å². The summed E-state index contributed by atoms with van der Waals surface area (Å²) in [6.07, 6.45) is 1.43. The summed E-state index contributed by atoms with van der Waals surface area (Å²) in [5.74, 6) is -0.168. The van der Waals surface area contributed by atoms with Crippen LogP contribution in [0.4, 0.5) is 17.1 Å². The minimum atomic E-state index is -0.498. The first kappa shape index (κ1) is 19.2. The third-order valence-corrected chi connectivity index (χ3v) is 4.60. The molecule has 0 saturated carbocycles. The van der Waals surface area contributed by atoms with Gasteiger partial charge in [0, 0.05) is 28.4 Å². The number of thioether (sulfide) groups is 1. The molecule has 0 radical (unpaired) electrons. The van der Waals surface area contributed by atoms with Crippen molar-refractivity contribution in [2.75, 3.05) is 16.4 Å². The molecular formula is C19H15N3O5S. The quantitative estimate of drug-likeness (QED) is 0.351. The molecule has 0 aliphatic rings. The van der Waals surface area contributed by atoms with Gasteiger partial charge in [-0.25, -0.2) is 0 Å². The average Bonchev–Trinajstić information content (AvgIpc) is 3.23. The summed E-state index contributed by atoms with van der Waals surface area (Å²) in [5.41, 5.74) is 1.07. The number of nitro benzene ring substituents is 1. The zero-order valence-corrected chi connectivity index (χ0v) is 15.3. The molecule has 8 nitrogen and oxygen atoms in total. The van der Waals surface area contributed by atoms with E-state index in [2.05, 4.69) is 10.6 Å². The van der Waals surface area contributed by atoms with Crippen LogP contribution in [0.15, 0.2) is 76.2 Å². The van der Waals surface area contributed by atoms with Gasteiger partial charge in [-0.3, -0.25) is 19.7 Å². The maximum Gasteiger partial charge on any atom is 0.291 e. The number of hydrogen-bond donors (Lipinski definition) is 2. The van der Waals surface area contributed by atoms with Gasteiger partial charge in [0.25, 0.3) is 11.6 Å². The lowest BCUT2D eigenvalue weighted by molar-refractivity contribution is -0.384. The van der Waals surface area contributed by atoms with Gasteiger partial charge < -0.3 is 15.1 Å². The predicted molar refractivity (Wildman–Crippen MR) is 106 cm³/mol. The molecule has 2 N–H and O–H groups in total. The van der Waals surface area contributed by atoms with Gasteiger partial charge in [-0.05, 0) is 48.5 Å². The summed E-state index contributed by atoms with van der Waals surface area (Å²) in [6.45, 7) is 0. The van der Waals surface area contributed by atoms with Crippen LogP contribution in [0, 0.1) is 10.1 Å². The summed E-state index contributed by atoms with van der Waals surface area (Å²) in [6, 6.07) is 15.9. The molecule has 1 aromatic heterocycles. The minimum Gasteiger partial charge on any atom is -0.459 e. The normalized spacial score (nSPS) is 10.3. The topological polar surface area (TPSA) is 114 Å². The van der Waals surface area contributed by atoms with Crippen LogP contribution in [0.5, 0.6) is 0 Å². The second-order valence-corrected chi connectivity index (χ2v) is 6.65. The van der Waals surface area contributed by atoms with E-state index in [1.54, 1.807) is 36.4 Å². The molecule has 0 fully saturated rings. The first-order valence-corrected chi connectivity index (χ1v) is 9.12. The Morgan fingerprint density at radius 2 is 1.61 bits per heavy atom. The Balaban J connectivity index is 1.48. The van der Waals surface area contributed by atoms with Gasteiger partial charge in [0.2, 0.25) is 5.91 Å². The molecule has 28 heavy (non-hydrogen) atoms. The van der Waals surface area contributed by atoms with Crippen LogP contribution >= 0.6 is 11.8 Å². The minimum absolute atomic E-state index is 0.0356. The molecule has 2 amide bonds. The first-order valence-electron chi connectivity index (χ1n) is 8.13. The van der Waals surface area contributed by atoms with Gasteiger partial charge in [0.15, 0.2) is 5.76 Å². The van der Waals surface area contributed by atoms with Crippen molar-refractivity contribution in [1.29, 1.82) is 0 Å². The summed E-state index contributed by atoms with van der Waals surface area (Å²) in [7, 11) is 0. The number of rotatable bonds is 7. The molecule has 0 aliphatic heterocycles. The van der Waals surface area contributed by atoms with Crippen LogP contribution in [-0.4, -0.2) is 22.5 Å². The second kappa shape index (κ2) is 8.87. The highest BCUT2D eigenvalue weighted by Crippen LogP contribution is 2.21. The molecule has 0 saturated heterocycles. The van der Waals surface area contributed by atoms with Gasteiger partial charge >= 0.3 is 0 Å². The van der Waals surface area contributed by atoms with E-state index in [1.165, 1.54) is 42.3 Å². The average molecular weight is 397 g/mol. The number of anilines is 2. The number of nitrogens with zero attached hydrogens (tertiary/aromatic N) is 1. The molecule has 3 aromatic rings. The molecule has 1 heterocycles. The largest absolute Gasteiger partial charge is 0.459 e. The van der Waals surface area contributed by atoms with Gasteiger partial charge in [-0.2, -0.15) is 0 Å². The Morgan fingerprint density at radius 1 is 0.964 bits per heavy atom. The predicted octanol–water partition coefficient (Wildman–Crippen LogP) is 4.17. The van der Waals surface area contributed by atoms with Crippen molar-refractivity contribution >= 4 is 40.6 Å². The van der Waals surface area contributed by atoms with Crippen molar-refractivity contribution in [1.82, 2.24) is 0 Å². The Morgan fingerprint density at radius 3 is 2.21 bits per heavy atom. The van der Waals surface area contributed by atoms with Crippen LogP contribution in [0.2, 0.25) is 0 Å². The third kappa shape index (κ3) is 5.21. The van der Waals surface area contributed by atoms with Gasteiger partial charge in [0.05, 0.1) is 16.9 Å². The van der Waals surface area contributed by atoms with E-state index in [4.69, 9.17) is 4.42 Å². The summed E-state index contributed by atoms with van der Waals surface area (Å²) < 4.78 is 5.03. The zero-order valence-electron chi connectivity index (χ0n) is 14.5. The van der Waals surface area contributed by atoms with Crippen molar-refractivity contribution in [3.05, 3.63) is 82.8 Å². The number of amides is 2. The number of hydrogen-bond acceptors (Lipinski definition) is 6. The van der Waals surface area contributed by atoms with Crippen molar-refractivity contribution in [3.63, 3.8) is 0 Å². The highest BCUT2D eigenvalue weighted by molar-refractivity contribution is 8.00. The van der Waals surface area contributed by atoms with E-state index in [0.29, 0.717) is 11.4 Å². The lowest BCUT2D eigenvalue weighted by atomic mass is 10.3. The van der Waals surface area contributed by atoms with Crippen LogP contribution in [0.25, 0.3) is 0 Å². The molecule has 142 valence electrons. The van der Waals surface area contributed by atoms with Gasteiger partial charge in [0.1, 0.15) is 0 Å². The lowest BCUT2D eigenvalue weighted by Gasteiger charge is -2.06. The van der Waals surface area contributed by atoms with Gasteiger partial charge in [-0.15, -0.1) is 11.8 Å². The maximum absolute atomic E-state index is 12.0. The summed E-state index contributed by atoms with van der Waals surface area (Å²) in [4.78, 5) is 34.9. The number of carbonyl (C=O) groups is 2. The molecule has 0 unspecified atom stereocenters. The Kier molecular flexibility index (Phi) is 6.07. The maximum atomic E-state index is 12.0. The standard InChI is InChI=1S/C19H15N3O5S/c23-18(20-13-3-7-15(8-4-13)22(25)26)12-28-16-9-5-14(6-10-16)21-19(24)17-2-1-11-27-17/h1-11H,12H2,(H,20,23)(H,21,24). The molecular weight excluding hydrogens is 382 g/mol. The van der Waals surface area contributed by atoms with E-state index in [0.717, 1.165) is 4.90 Å². The van der Waals surface area contributed by atoms with Crippen molar-refractivity contribution in [2.45, 2.75) is 4.90 Å². The van der Waals surface area contributed by atoms with Crippen molar-refractivity contribution < 1.29 is 18.9 Å². The summed E-state index contributed by atoms with van der Waals surface area (Å²) in [5, 5.41) is 16.0. The molecule has 2 aromatic carbocycles. The molecule has 0 bridgehead atoms. The fourth-order valence-electron chi connectivity index (χ4n) is 2.25. The molecule has 0 aliphatic carbocycles. The smallest absolute Gasteiger partial charge is 0.291 e. The lowest BCUT2D eigenvalue weighted by Crippen LogP contribution is -2.14. The molecule has 3 rings (SSSR count). The van der Waals surface area contributed by atoms with Crippen LogP contribution in [0.3, 0.4) is 0 Å². The highest BCUT2D eigenvalue weighted by atomic mass is 32.2. The van der Waals surface area contributed by atoms with E-state index < -0.39 is 4.92 Å². The van der Waals surface area contributed by atoms with Crippen LogP contribution in [-0.2, 0) is 4.79 Å². The van der Waals surface area contributed by atoms with Crippen LogP contribution in [0.1, 0.15) is 10.6 Å². The number of furan rings is 1. The fourth-order valence-corrected chi connectivity index (χ4v) is 2.95. The number of non-ortho nitro benzene ring substituents is 1. The third-order valence-electron chi connectivity index (χ3n) is 3.59. The van der Waals surface area contributed by atoms with Gasteiger partial charge in [-0.1, -0.05) is 0 Å². The van der Waals surface area contributed by atoms with E-state index in [9.17, 15) is 19.7 Å². The Labute approximate surface area is 164 Å². The fraction of sp³-hybridized carbons (Fsp3) is 0.0526. The Hall–Kier alpha value is -3.59. The number of nitrogens with one attached hydrogen (secondary N) is 2. The van der Waals surface area contributed by atoms with E-state index in [1.807, 2.05) is 0 Å². The summed E-state index contributed by atoms with van der Waals surface area (Å²) >= 11 is 1.33. The SMILES string of the molecule is O=C(CSc1ccc(NC(=O)c2ccco2)cc1)Nc1ccc([N+](=O)[O-])cc1. The number of carbonyl (C=O) groups excluding carboxylic acids is 2.